The van der Waals surface area contributed by atoms with E-state index in [1.165, 1.54) is 0 Å². The highest BCUT2D eigenvalue weighted by atomic mass is 35.5. The molecule has 0 saturated carbocycles. The highest BCUT2D eigenvalue weighted by Crippen LogP contribution is 2.22. The van der Waals surface area contributed by atoms with E-state index in [1.807, 2.05) is 48.7 Å². The molecule has 0 spiro atoms. The van der Waals surface area contributed by atoms with E-state index in [-0.39, 0.29) is 5.91 Å². The predicted octanol–water partition coefficient (Wildman–Crippen LogP) is 4.73. The molecule has 2 aromatic heterocycles. The van der Waals surface area contributed by atoms with Gasteiger partial charge in [0.15, 0.2) is 0 Å². The second-order valence-corrected chi connectivity index (χ2v) is 7.89. The fourth-order valence-corrected chi connectivity index (χ4v) is 4.08. The van der Waals surface area contributed by atoms with Crippen LogP contribution in [0.15, 0.2) is 46.3 Å². The minimum Gasteiger partial charge on any atom is -0.337 e. The fraction of sp³-hybridized carbons (Fsp3) is 0.278. The highest BCUT2D eigenvalue weighted by Gasteiger charge is 2.17. The minimum absolute atomic E-state index is 0.0513. The Morgan fingerprint density at radius 3 is 2.96 bits per heavy atom. The van der Waals surface area contributed by atoms with E-state index in [4.69, 9.17) is 16.1 Å². The number of carbonyl (C=O) groups excluding carboxylic acids is 1. The summed E-state index contributed by atoms with van der Waals surface area (Å²) in [5.74, 6) is 2.20. The third-order valence-electron chi connectivity index (χ3n) is 3.65. The molecule has 3 rings (SSSR count). The molecule has 1 amide bonds. The number of hydrogen-bond acceptors (Lipinski definition) is 6. The summed E-state index contributed by atoms with van der Waals surface area (Å²) in [6.07, 6.45) is 0. The number of thiophene rings is 1. The number of thioether (sulfide) groups is 1. The molecule has 136 valence electrons. The van der Waals surface area contributed by atoms with Crippen LogP contribution in [-0.4, -0.2) is 33.2 Å². The number of hydrogen-bond donors (Lipinski definition) is 0. The van der Waals surface area contributed by atoms with Crippen molar-refractivity contribution in [2.45, 2.75) is 19.2 Å². The highest BCUT2D eigenvalue weighted by molar-refractivity contribution is 7.99. The van der Waals surface area contributed by atoms with E-state index in [9.17, 15) is 4.79 Å². The number of rotatable bonds is 8. The van der Waals surface area contributed by atoms with Crippen molar-refractivity contribution in [1.29, 1.82) is 0 Å². The number of halogens is 1. The zero-order valence-electron chi connectivity index (χ0n) is 14.2. The molecule has 0 N–H and O–H groups in total. The molecule has 0 radical (unpaired) electrons. The van der Waals surface area contributed by atoms with Crippen LogP contribution in [-0.2, 0) is 17.1 Å². The first-order chi connectivity index (χ1) is 12.7. The van der Waals surface area contributed by atoms with Crippen LogP contribution in [0, 0.1) is 0 Å². The molecule has 5 nitrogen and oxygen atoms in total. The van der Waals surface area contributed by atoms with Gasteiger partial charge in [-0.1, -0.05) is 35.0 Å². The predicted molar refractivity (Wildman–Crippen MR) is 106 cm³/mol. The van der Waals surface area contributed by atoms with Crippen molar-refractivity contribution in [1.82, 2.24) is 15.0 Å². The Morgan fingerprint density at radius 1 is 1.35 bits per heavy atom. The van der Waals surface area contributed by atoms with Crippen LogP contribution in [0.3, 0.4) is 0 Å². The first-order valence-corrected chi connectivity index (χ1v) is 10.5. The zero-order valence-corrected chi connectivity index (χ0v) is 16.6. The summed E-state index contributed by atoms with van der Waals surface area (Å²) in [6.45, 7) is 2.86. The molecule has 0 aliphatic rings. The summed E-state index contributed by atoms with van der Waals surface area (Å²) < 4.78 is 5.29. The lowest BCUT2D eigenvalue weighted by molar-refractivity contribution is -0.129. The van der Waals surface area contributed by atoms with Gasteiger partial charge >= 0.3 is 0 Å². The molecule has 8 heteroatoms. The van der Waals surface area contributed by atoms with Gasteiger partial charge in [0.1, 0.15) is 0 Å². The molecule has 2 heterocycles. The first kappa shape index (κ1) is 18.9. The van der Waals surface area contributed by atoms with Crippen LogP contribution in [0.2, 0.25) is 5.02 Å². The van der Waals surface area contributed by atoms with E-state index >= 15 is 0 Å². The van der Waals surface area contributed by atoms with Crippen LogP contribution in [0.4, 0.5) is 0 Å². The number of carbonyl (C=O) groups is 1. The van der Waals surface area contributed by atoms with Gasteiger partial charge in [-0.2, -0.15) is 4.98 Å². The zero-order chi connectivity index (χ0) is 18.4. The molecule has 26 heavy (non-hydrogen) atoms. The molecule has 0 saturated heterocycles. The standard InChI is InChI=1S/C18H18ClN3O2S2/c1-2-22(10-16-20-18(21-24-16)15-7-4-8-26-15)17(23)12-25-11-13-5-3-6-14(19)9-13/h3-9H,2,10-12H2,1H3. The van der Waals surface area contributed by atoms with E-state index in [1.54, 1.807) is 28.0 Å². The Bertz CT molecular complexity index is 852. The van der Waals surface area contributed by atoms with Crippen LogP contribution in [0.25, 0.3) is 10.7 Å². The lowest BCUT2D eigenvalue weighted by Crippen LogP contribution is -2.31. The molecular weight excluding hydrogens is 390 g/mol. The molecule has 0 atom stereocenters. The Hall–Kier alpha value is -1.83. The van der Waals surface area contributed by atoms with Crippen molar-refractivity contribution in [2.24, 2.45) is 0 Å². The quantitative estimate of drug-likeness (QED) is 0.540. The summed E-state index contributed by atoms with van der Waals surface area (Å²) >= 11 is 9.10. The normalized spacial score (nSPS) is 10.8. The summed E-state index contributed by atoms with van der Waals surface area (Å²) in [6, 6.07) is 11.6. The molecule has 0 bridgehead atoms. The maximum absolute atomic E-state index is 12.5. The van der Waals surface area contributed by atoms with Gasteiger partial charge in [0.2, 0.25) is 17.6 Å². The van der Waals surface area contributed by atoms with E-state index in [0.29, 0.717) is 35.6 Å². The number of benzene rings is 1. The summed E-state index contributed by atoms with van der Waals surface area (Å²) in [7, 11) is 0. The summed E-state index contributed by atoms with van der Waals surface area (Å²) in [5.41, 5.74) is 1.11. The van der Waals surface area contributed by atoms with Crippen molar-refractivity contribution in [3.05, 3.63) is 58.3 Å². The SMILES string of the molecule is CCN(Cc1nc(-c2cccs2)no1)C(=O)CSCc1cccc(Cl)c1. The summed E-state index contributed by atoms with van der Waals surface area (Å²) in [4.78, 5) is 19.5. The maximum Gasteiger partial charge on any atom is 0.246 e. The molecule has 0 unspecified atom stereocenters. The van der Waals surface area contributed by atoms with Crippen molar-refractivity contribution < 1.29 is 9.32 Å². The Balaban J connectivity index is 1.52. The van der Waals surface area contributed by atoms with Gasteiger partial charge in [-0.15, -0.1) is 23.1 Å². The molecule has 0 aliphatic carbocycles. The number of amides is 1. The number of aromatic nitrogens is 2. The molecule has 0 aliphatic heterocycles. The molecule has 0 fully saturated rings. The largest absolute Gasteiger partial charge is 0.337 e. The average Bonchev–Trinajstić information content (AvgIpc) is 3.31. The summed E-state index contributed by atoms with van der Waals surface area (Å²) in [5, 5.41) is 6.66. The molecule has 1 aromatic carbocycles. The van der Waals surface area contributed by atoms with Crippen LogP contribution < -0.4 is 0 Å². The second-order valence-electron chi connectivity index (χ2n) is 5.52. The second kappa shape index (κ2) is 9.21. The van der Waals surface area contributed by atoms with E-state index in [2.05, 4.69) is 10.1 Å². The van der Waals surface area contributed by atoms with Crippen LogP contribution >= 0.6 is 34.7 Å². The van der Waals surface area contributed by atoms with Gasteiger partial charge in [0.25, 0.3) is 0 Å². The van der Waals surface area contributed by atoms with Crippen molar-refractivity contribution >= 4 is 40.6 Å². The fourth-order valence-electron chi connectivity index (χ4n) is 2.34. The Labute approximate surface area is 165 Å². The third kappa shape index (κ3) is 5.09. The van der Waals surface area contributed by atoms with E-state index in [0.717, 1.165) is 16.2 Å². The van der Waals surface area contributed by atoms with Crippen molar-refractivity contribution in [2.75, 3.05) is 12.3 Å². The van der Waals surface area contributed by atoms with Gasteiger partial charge < -0.3 is 9.42 Å². The Kier molecular flexibility index (Phi) is 6.71. The molecular formula is C18H18ClN3O2S2. The lowest BCUT2D eigenvalue weighted by atomic mass is 10.2. The van der Waals surface area contributed by atoms with Gasteiger partial charge in [-0.3, -0.25) is 4.79 Å². The maximum atomic E-state index is 12.5. The molecule has 3 aromatic rings. The first-order valence-electron chi connectivity index (χ1n) is 8.12. The lowest BCUT2D eigenvalue weighted by Gasteiger charge is -2.18. The van der Waals surface area contributed by atoms with Crippen molar-refractivity contribution in [3.63, 3.8) is 0 Å². The van der Waals surface area contributed by atoms with E-state index < -0.39 is 0 Å². The Morgan fingerprint density at radius 2 is 2.23 bits per heavy atom. The van der Waals surface area contributed by atoms with Gasteiger partial charge in [0.05, 0.1) is 17.2 Å². The average molecular weight is 408 g/mol. The van der Waals surface area contributed by atoms with Crippen LogP contribution in [0.5, 0.6) is 0 Å². The topological polar surface area (TPSA) is 59.2 Å². The number of nitrogens with zero attached hydrogens (tertiary/aromatic N) is 3. The van der Waals surface area contributed by atoms with Crippen molar-refractivity contribution in [3.8, 4) is 10.7 Å². The monoisotopic (exact) mass is 407 g/mol. The van der Waals surface area contributed by atoms with Gasteiger partial charge in [-0.05, 0) is 36.1 Å². The third-order valence-corrected chi connectivity index (χ3v) is 5.74. The minimum atomic E-state index is 0.0513. The van der Waals surface area contributed by atoms with Gasteiger partial charge in [0, 0.05) is 17.3 Å². The van der Waals surface area contributed by atoms with Gasteiger partial charge in [-0.25, -0.2) is 0 Å². The van der Waals surface area contributed by atoms with Crippen LogP contribution in [0.1, 0.15) is 18.4 Å². The smallest absolute Gasteiger partial charge is 0.246 e.